The minimum Gasteiger partial charge on any atom is -0.468 e. The molecule has 0 bridgehead atoms. The van der Waals surface area contributed by atoms with Crippen LogP contribution in [0.25, 0.3) is 0 Å². The average molecular weight is 640 g/mol. The summed E-state index contributed by atoms with van der Waals surface area (Å²) < 4.78 is 13.1. The summed E-state index contributed by atoms with van der Waals surface area (Å²) in [6.45, 7) is 6.82. The van der Waals surface area contributed by atoms with Gasteiger partial charge in [0.05, 0.1) is 12.8 Å². The number of benzene rings is 2. The number of nitrogens with zero attached hydrogens (tertiary/aromatic N) is 1. The third-order valence-electron chi connectivity index (χ3n) is 6.23. The molecule has 2 unspecified atom stereocenters. The zero-order valence-electron chi connectivity index (χ0n) is 23.9. The van der Waals surface area contributed by atoms with Crippen LogP contribution < -0.4 is 26.0 Å². The molecular weight excluding hydrogens is 602 g/mol. The molecule has 228 valence electrons. The van der Waals surface area contributed by atoms with Gasteiger partial charge < -0.3 is 31.0 Å². The predicted molar refractivity (Wildman–Crippen MR) is 166 cm³/mol. The van der Waals surface area contributed by atoms with Crippen molar-refractivity contribution in [2.24, 2.45) is 5.73 Å². The predicted octanol–water partition coefficient (Wildman–Crippen LogP) is 4.20. The molecule has 1 heterocycles. The number of ether oxygens (including phenoxy) is 1. The highest BCUT2D eigenvalue weighted by Crippen LogP contribution is 2.41. The van der Waals surface area contributed by atoms with Crippen LogP contribution in [0.15, 0.2) is 53.9 Å². The smallest absolute Gasteiger partial charge is 0.322 e. The molecule has 0 saturated carbocycles. The maximum absolute atomic E-state index is 12.4. The molecular formula is C28H37Cl2N6O5P. The van der Waals surface area contributed by atoms with Crippen molar-refractivity contribution in [2.45, 2.75) is 45.7 Å². The number of rotatable bonds is 11. The van der Waals surface area contributed by atoms with Crippen LogP contribution in [0.2, 0.25) is 10.0 Å². The molecule has 14 heteroatoms. The van der Waals surface area contributed by atoms with Crippen LogP contribution in [0.4, 0.5) is 0 Å². The lowest BCUT2D eigenvalue weighted by Crippen LogP contribution is -2.47. The fraction of sp³-hybridized carbons (Fsp3) is 0.357. The van der Waals surface area contributed by atoms with E-state index in [0.29, 0.717) is 38.1 Å². The van der Waals surface area contributed by atoms with E-state index in [2.05, 4.69) is 20.4 Å². The Kier molecular flexibility index (Phi) is 14.7. The van der Waals surface area contributed by atoms with E-state index in [-0.39, 0.29) is 23.4 Å². The monoisotopic (exact) mass is 638 g/mol. The van der Waals surface area contributed by atoms with Crippen LogP contribution in [-0.2, 0) is 19.1 Å². The molecule has 2 atom stereocenters. The summed E-state index contributed by atoms with van der Waals surface area (Å²) in [4.78, 5) is 34.9. The molecule has 3 rings (SSSR count). The van der Waals surface area contributed by atoms with Gasteiger partial charge in [0.1, 0.15) is 17.5 Å². The Labute approximate surface area is 257 Å². The highest BCUT2D eigenvalue weighted by Gasteiger charge is 2.31. The van der Waals surface area contributed by atoms with E-state index in [9.17, 15) is 14.4 Å². The van der Waals surface area contributed by atoms with Crippen molar-refractivity contribution in [1.29, 1.82) is 5.41 Å². The van der Waals surface area contributed by atoms with Crippen molar-refractivity contribution in [3.05, 3.63) is 75.0 Å². The van der Waals surface area contributed by atoms with Crippen molar-refractivity contribution >= 4 is 56.2 Å². The topological polar surface area (TPSA) is 159 Å². The number of amides is 2. The van der Waals surface area contributed by atoms with E-state index >= 15 is 0 Å². The number of piperidine rings is 1. The number of allylic oxidation sites excluding steroid dienone is 1. The lowest BCUT2D eigenvalue weighted by molar-refractivity contribution is -0.142. The second-order valence-electron chi connectivity index (χ2n) is 9.33. The molecule has 6 N–H and O–H groups in total. The van der Waals surface area contributed by atoms with Crippen LogP contribution in [0, 0.1) is 19.3 Å². The summed E-state index contributed by atoms with van der Waals surface area (Å²) in [5.41, 5.74) is 7.53. The second-order valence-corrected chi connectivity index (χ2v) is 11.7. The van der Waals surface area contributed by atoms with E-state index < -0.39 is 20.4 Å². The van der Waals surface area contributed by atoms with Gasteiger partial charge in [0, 0.05) is 35.4 Å². The minimum atomic E-state index is -1.35. The highest BCUT2D eigenvalue weighted by molar-refractivity contribution is 7.48. The SMILES string of the molecule is COC(=O)C(C)NP(Oc1ccc(C)cc1)N1CCC(NC(=O)/C(N)=C(/C=N)NC=O)CC1.Cc1c(Cl)cccc1Cl. The summed E-state index contributed by atoms with van der Waals surface area (Å²) in [5.74, 6) is -0.242. The van der Waals surface area contributed by atoms with Crippen LogP contribution >= 0.6 is 31.7 Å². The normalized spacial score (nSPS) is 15.6. The van der Waals surface area contributed by atoms with Gasteiger partial charge in [-0.3, -0.25) is 14.4 Å². The van der Waals surface area contributed by atoms with E-state index in [1.165, 1.54) is 7.11 Å². The van der Waals surface area contributed by atoms with Crippen LogP contribution in [-0.4, -0.2) is 61.5 Å². The molecule has 0 aromatic heterocycles. The Morgan fingerprint density at radius 3 is 2.21 bits per heavy atom. The largest absolute Gasteiger partial charge is 0.468 e. The van der Waals surface area contributed by atoms with Gasteiger partial charge in [-0.15, -0.1) is 0 Å². The van der Waals surface area contributed by atoms with Crippen LogP contribution in [0.1, 0.15) is 30.9 Å². The first-order valence-corrected chi connectivity index (χ1v) is 15.0. The maximum atomic E-state index is 12.4. The Bertz CT molecular complexity index is 1240. The molecule has 1 aliphatic rings. The summed E-state index contributed by atoms with van der Waals surface area (Å²) >= 11 is 11.5. The number of nitrogens with two attached hydrogens (primary N) is 1. The molecule has 1 saturated heterocycles. The fourth-order valence-electron chi connectivity index (χ4n) is 3.68. The van der Waals surface area contributed by atoms with E-state index in [0.717, 1.165) is 27.4 Å². The van der Waals surface area contributed by atoms with Gasteiger partial charge in [-0.25, -0.2) is 9.76 Å². The summed E-state index contributed by atoms with van der Waals surface area (Å²) in [7, 11) is -0.0152. The Morgan fingerprint density at radius 2 is 1.71 bits per heavy atom. The number of esters is 1. The molecule has 1 aliphatic heterocycles. The van der Waals surface area contributed by atoms with Crippen LogP contribution in [0.5, 0.6) is 5.75 Å². The third-order valence-corrected chi connectivity index (χ3v) is 8.95. The lowest BCUT2D eigenvalue weighted by Gasteiger charge is -2.37. The van der Waals surface area contributed by atoms with Gasteiger partial charge in [-0.05, 0) is 63.4 Å². The number of methoxy groups -OCH3 is 1. The standard InChI is InChI=1S/C21H31N6O5P.C7H6Cl2/c1-14-4-6-17(7-5-14)32-33(26-15(2)21(30)31-3)27-10-8-16(9-11-27)25-20(29)19(23)18(12-22)24-13-28;1-5-6(8)3-2-4-7(5)9/h4-7,12-13,15-16,22,26H,8-11,23H2,1-3H3,(H,24,28)(H,25,29);2-4H,1H3/b19-18+,22-12?;. The average Bonchev–Trinajstić information content (AvgIpc) is 2.99. The molecule has 0 aliphatic carbocycles. The number of hydrogen-bond acceptors (Lipinski definition) is 9. The summed E-state index contributed by atoms with van der Waals surface area (Å²) in [6, 6.07) is 12.5. The number of aryl methyl sites for hydroxylation is 1. The van der Waals surface area contributed by atoms with Gasteiger partial charge >= 0.3 is 5.97 Å². The third kappa shape index (κ3) is 10.9. The minimum absolute atomic E-state index is 0.0593. The number of carbonyl (C=O) groups excluding carboxylic acids is 3. The van der Waals surface area contributed by atoms with Gasteiger partial charge in [0.15, 0.2) is 0 Å². The molecule has 1 fully saturated rings. The zero-order valence-corrected chi connectivity index (χ0v) is 26.4. The first-order chi connectivity index (χ1) is 20.0. The quantitative estimate of drug-likeness (QED) is 0.0805. The van der Waals surface area contributed by atoms with Gasteiger partial charge in [0.25, 0.3) is 5.91 Å². The summed E-state index contributed by atoms with van der Waals surface area (Å²) in [6.07, 6.45) is 2.43. The molecule has 0 spiro atoms. The molecule has 11 nitrogen and oxygen atoms in total. The van der Waals surface area contributed by atoms with Gasteiger partial charge in [-0.2, -0.15) is 0 Å². The van der Waals surface area contributed by atoms with Crippen molar-refractivity contribution in [2.75, 3.05) is 20.2 Å². The first-order valence-electron chi connectivity index (χ1n) is 13.1. The Hall–Kier alpha value is -3.21. The van der Waals surface area contributed by atoms with Crippen molar-refractivity contribution in [3.63, 3.8) is 0 Å². The second kappa shape index (κ2) is 17.7. The zero-order chi connectivity index (χ0) is 31.2. The number of hydrogen-bond donors (Lipinski definition) is 5. The summed E-state index contributed by atoms with van der Waals surface area (Å²) in [5, 5.41) is 17.0. The van der Waals surface area contributed by atoms with Gasteiger partial charge in [0.2, 0.25) is 14.9 Å². The lowest BCUT2D eigenvalue weighted by atomic mass is 10.1. The first kappa shape index (κ1) is 35.0. The van der Waals surface area contributed by atoms with Gasteiger partial charge in [-0.1, -0.05) is 47.0 Å². The highest BCUT2D eigenvalue weighted by atomic mass is 35.5. The molecule has 2 amide bonds. The molecule has 42 heavy (non-hydrogen) atoms. The number of carbonyl (C=O) groups is 3. The molecule has 2 aromatic rings. The van der Waals surface area contributed by atoms with Crippen molar-refractivity contribution in [3.8, 4) is 5.75 Å². The van der Waals surface area contributed by atoms with E-state index in [1.807, 2.05) is 56.3 Å². The molecule has 2 aromatic carbocycles. The Morgan fingerprint density at radius 1 is 1.12 bits per heavy atom. The van der Waals surface area contributed by atoms with Crippen LogP contribution in [0.3, 0.4) is 0 Å². The number of nitrogens with one attached hydrogen (secondary N) is 4. The number of halogens is 2. The fourth-order valence-corrected chi connectivity index (χ4v) is 5.76. The maximum Gasteiger partial charge on any atom is 0.322 e. The Balaban J connectivity index is 0.000000581. The molecule has 0 radical (unpaired) electrons. The van der Waals surface area contributed by atoms with E-state index in [4.69, 9.17) is 43.6 Å². The van der Waals surface area contributed by atoms with Crippen molar-refractivity contribution in [1.82, 2.24) is 20.4 Å². The van der Waals surface area contributed by atoms with Crippen molar-refractivity contribution < 1.29 is 23.6 Å². The van der Waals surface area contributed by atoms with E-state index in [1.54, 1.807) is 6.92 Å².